The summed E-state index contributed by atoms with van der Waals surface area (Å²) in [5.41, 5.74) is 1.10. The molecule has 33 heavy (non-hydrogen) atoms. The Morgan fingerprint density at radius 2 is 1.45 bits per heavy atom. The van der Waals surface area contributed by atoms with E-state index >= 15 is 0 Å². The Morgan fingerprint density at radius 1 is 0.909 bits per heavy atom. The van der Waals surface area contributed by atoms with Crippen molar-refractivity contribution in [2.24, 2.45) is 5.92 Å². The second-order valence-electron chi connectivity index (χ2n) is 9.10. The lowest BCUT2D eigenvalue weighted by molar-refractivity contribution is 0.0678. The molecule has 0 atom stereocenters. The SMILES string of the molecule is CC(C)c1cc(C(C)C)c(S(=O)(=O)c2ccc(F)cc2)cc1S(=O)(=O)NCC1CCOCC1. The van der Waals surface area contributed by atoms with Crippen LogP contribution in [0, 0.1) is 11.7 Å². The summed E-state index contributed by atoms with van der Waals surface area (Å²) in [6.45, 7) is 8.96. The third-order valence-corrected chi connectivity index (χ3v) is 9.30. The summed E-state index contributed by atoms with van der Waals surface area (Å²) in [5, 5.41) is 0. The van der Waals surface area contributed by atoms with Gasteiger partial charge in [0, 0.05) is 19.8 Å². The highest BCUT2D eigenvalue weighted by Gasteiger charge is 2.30. The first-order valence-electron chi connectivity index (χ1n) is 11.2. The molecule has 0 spiro atoms. The number of halogens is 1. The Bertz CT molecular complexity index is 1180. The quantitative estimate of drug-likeness (QED) is 0.538. The van der Waals surface area contributed by atoms with Crippen LogP contribution >= 0.6 is 0 Å². The first-order valence-corrected chi connectivity index (χ1v) is 14.2. The van der Waals surface area contributed by atoms with Gasteiger partial charge in [-0.25, -0.2) is 25.9 Å². The molecule has 0 amide bonds. The Kier molecular flexibility index (Phi) is 7.99. The van der Waals surface area contributed by atoms with Gasteiger partial charge in [-0.3, -0.25) is 0 Å². The molecule has 9 heteroatoms. The van der Waals surface area contributed by atoms with E-state index in [0.717, 1.165) is 25.0 Å². The number of hydrogen-bond acceptors (Lipinski definition) is 5. The van der Waals surface area contributed by atoms with Crippen LogP contribution in [0.25, 0.3) is 0 Å². The molecule has 0 bridgehead atoms. The minimum atomic E-state index is -4.07. The topological polar surface area (TPSA) is 89.5 Å². The van der Waals surface area contributed by atoms with Crippen LogP contribution in [0.4, 0.5) is 4.39 Å². The number of sulfonamides is 1. The summed E-state index contributed by atoms with van der Waals surface area (Å²) in [7, 11) is -8.03. The maximum Gasteiger partial charge on any atom is 0.240 e. The van der Waals surface area contributed by atoms with E-state index in [-0.39, 0.29) is 39.0 Å². The molecule has 0 radical (unpaired) electrons. The molecule has 2 aromatic carbocycles. The van der Waals surface area contributed by atoms with Gasteiger partial charge in [0.2, 0.25) is 19.9 Å². The predicted molar refractivity (Wildman–Crippen MR) is 125 cm³/mol. The molecule has 0 aromatic heterocycles. The molecule has 1 aliphatic heterocycles. The number of ether oxygens (including phenoxy) is 1. The summed E-state index contributed by atoms with van der Waals surface area (Å²) in [4.78, 5) is -0.184. The van der Waals surface area contributed by atoms with Crippen LogP contribution in [0.15, 0.2) is 51.1 Å². The zero-order valence-electron chi connectivity index (χ0n) is 19.5. The van der Waals surface area contributed by atoms with Crippen LogP contribution in [0.5, 0.6) is 0 Å². The van der Waals surface area contributed by atoms with Gasteiger partial charge in [-0.05, 0) is 72.1 Å². The molecule has 182 valence electrons. The predicted octanol–water partition coefficient (Wildman–Crippen LogP) is 4.61. The molecule has 2 aromatic rings. The minimum absolute atomic E-state index is 0.0327. The van der Waals surface area contributed by atoms with Gasteiger partial charge in [0.15, 0.2) is 0 Å². The van der Waals surface area contributed by atoms with Gasteiger partial charge in [-0.15, -0.1) is 0 Å². The van der Waals surface area contributed by atoms with Crippen molar-refractivity contribution in [3.8, 4) is 0 Å². The van der Waals surface area contributed by atoms with Gasteiger partial charge in [0.25, 0.3) is 0 Å². The largest absolute Gasteiger partial charge is 0.381 e. The van der Waals surface area contributed by atoms with Crippen LogP contribution in [0.1, 0.15) is 63.5 Å². The standard InChI is InChI=1S/C24H32FNO5S2/c1-16(2)21-13-22(17(3)4)24(33(29,30)26-15-18-9-11-31-12-10-18)14-23(21)32(27,28)20-7-5-19(25)6-8-20/h5-8,13-14,16-18,26H,9-12,15H2,1-4H3. The lowest BCUT2D eigenvalue weighted by Crippen LogP contribution is -2.33. The van der Waals surface area contributed by atoms with Crippen molar-refractivity contribution in [2.75, 3.05) is 19.8 Å². The Hall–Kier alpha value is -1.81. The van der Waals surface area contributed by atoms with E-state index in [1.54, 1.807) is 6.07 Å². The van der Waals surface area contributed by atoms with Crippen LogP contribution in [-0.4, -0.2) is 36.6 Å². The molecule has 1 fully saturated rings. The van der Waals surface area contributed by atoms with Gasteiger partial charge in [-0.1, -0.05) is 33.8 Å². The molecule has 6 nitrogen and oxygen atoms in total. The van der Waals surface area contributed by atoms with E-state index in [0.29, 0.717) is 24.3 Å². The molecule has 0 aliphatic carbocycles. The molecule has 0 unspecified atom stereocenters. The smallest absolute Gasteiger partial charge is 0.240 e. The molecule has 1 N–H and O–H groups in total. The Labute approximate surface area is 196 Å². The van der Waals surface area contributed by atoms with Gasteiger partial charge in [-0.2, -0.15) is 0 Å². The maximum absolute atomic E-state index is 13.5. The molecule has 1 aliphatic rings. The van der Waals surface area contributed by atoms with Crippen molar-refractivity contribution in [1.82, 2.24) is 4.72 Å². The van der Waals surface area contributed by atoms with E-state index in [1.165, 1.54) is 18.2 Å². The third-order valence-electron chi connectivity index (χ3n) is 5.99. The summed E-state index contributed by atoms with van der Waals surface area (Å²) in [6.07, 6.45) is 1.55. The number of benzene rings is 2. The second kappa shape index (κ2) is 10.2. The summed E-state index contributed by atoms with van der Waals surface area (Å²) >= 11 is 0. The first kappa shape index (κ1) is 25.8. The highest BCUT2D eigenvalue weighted by atomic mass is 32.2. The average molecular weight is 498 g/mol. The maximum atomic E-state index is 13.5. The number of sulfone groups is 1. The van der Waals surface area contributed by atoms with E-state index in [2.05, 4.69) is 4.72 Å². The van der Waals surface area contributed by atoms with E-state index < -0.39 is 25.7 Å². The number of hydrogen-bond donors (Lipinski definition) is 1. The number of rotatable bonds is 8. The molecule has 1 heterocycles. The Morgan fingerprint density at radius 3 is 2.00 bits per heavy atom. The normalized spacial score (nSPS) is 16.0. The monoisotopic (exact) mass is 497 g/mol. The third kappa shape index (κ3) is 5.82. The van der Waals surface area contributed by atoms with Crippen LogP contribution in [0.3, 0.4) is 0 Å². The molecular weight excluding hydrogens is 465 g/mol. The molecule has 1 saturated heterocycles. The summed E-state index contributed by atoms with van der Waals surface area (Å²) in [6, 6.07) is 7.52. The van der Waals surface area contributed by atoms with E-state index in [1.807, 2.05) is 27.7 Å². The second-order valence-corrected chi connectivity index (χ2v) is 12.8. The van der Waals surface area contributed by atoms with Crippen LogP contribution in [0.2, 0.25) is 0 Å². The van der Waals surface area contributed by atoms with Crippen molar-refractivity contribution >= 4 is 19.9 Å². The highest BCUT2D eigenvalue weighted by molar-refractivity contribution is 7.91. The van der Waals surface area contributed by atoms with Gasteiger partial charge in [0.05, 0.1) is 14.7 Å². The minimum Gasteiger partial charge on any atom is -0.381 e. The average Bonchev–Trinajstić information content (AvgIpc) is 2.77. The van der Waals surface area contributed by atoms with Crippen molar-refractivity contribution in [2.45, 2.75) is 67.1 Å². The molecule has 0 saturated carbocycles. The van der Waals surface area contributed by atoms with E-state index in [9.17, 15) is 21.2 Å². The summed E-state index contributed by atoms with van der Waals surface area (Å²) < 4.78 is 75.1. The van der Waals surface area contributed by atoms with Crippen LogP contribution in [-0.2, 0) is 24.6 Å². The fourth-order valence-corrected chi connectivity index (χ4v) is 7.15. The number of nitrogens with one attached hydrogen (secondary N) is 1. The molecular formula is C24H32FNO5S2. The summed E-state index contributed by atoms with van der Waals surface area (Å²) in [5.74, 6) is -0.679. The fourth-order valence-electron chi connectivity index (χ4n) is 3.96. The molecule has 3 rings (SSSR count). The Balaban J connectivity index is 2.12. The van der Waals surface area contributed by atoms with Crippen molar-refractivity contribution in [1.29, 1.82) is 0 Å². The van der Waals surface area contributed by atoms with E-state index in [4.69, 9.17) is 4.74 Å². The van der Waals surface area contributed by atoms with Crippen molar-refractivity contribution < 1.29 is 26.0 Å². The lowest BCUT2D eigenvalue weighted by Gasteiger charge is -2.24. The fraction of sp³-hybridized carbons (Fsp3) is 0.500. The van der Waals surface area contributed by atoms with Gasteiger partial charge >= 0.3 is 0 Å². The van der Waals surface area contributed by atoms with Crippen molar-refractivity contribution in [3.63, 3.8) is 0 Å². The zero-order chi connectivity index (χ0) is 24.4. The first-order chi connectivity index (χ1) is 15.4. The van der Waals surface area contributed by atoms with Crippen LogP contribution < -0.4 is 4.72 Å². The van der Waals surface area contributed by atoms with Gasteiger partial charge < -0.3 is 4.74 Å². The van der Waals surface area contributed by atoms with Crippen molar-refractivity contribution in [3.05, 3.63) is 53.3 Å². The van der Waals surface area contributed by atoms with Gasteiger partial charge in [0.1, 0.15) is 5.82 Å². The zero-order valence-corrected chi connectivity index (χ0v) is 21.1. The highest BCUT2D eigenvalue weighted by Crippen LogP contribution is 2.36. The lowest BCUT2D eigenvalue weighted by atomic mass is 9.95.